The second kappa shape index (κ2) is 6.20. The van der Waals surface area contributed by atoms with Gasteiger partial charge in [0.05, 0.1) is 21.8 Å². The van der Waals surface area contributed by atoms with Gasteiger partial charge in [-0.1, -0.05) is 0 Å². The van der Waals surface area contributed by atoms with E-state index in [4.69, 9.17) is 4.74 Å². The molecule has 1 aromatic heterocycles. The molecule has 132 valence electrons. The van der Waals surface area contributed by atoms with E-state index < -0.39 is 15.9 Å². The number of hydrogen-bond acceptors (Lipinski definition) is 6. The van der Waals surface area contributed by atoms with Crippen molar-refractivity contribution >= 4 is 27.5 Å². The van der Waals surface area contributed by atoms with Crippen LogP contribution in [0.5, 0.6) is 5.75 Å². The Balaban J connectivity index is 1.86. The predicted molar refractivity (Wildman–Crippen MR) is 87.9 cm³/mol. The normalized spacial score (nSPS) is 13.6. The van der Waals surface area contributed by atoms with E-state index in [1.807, 2.05) is 11.6 Å². The monoisotopic (exact) mass is 364 g/mol. The number of nitrogens with one attached hydrogen (secondary N) is 2. The van der Waals surface area contributed by atoms with Gasteiger partial charge < -0.3 is 10.1 Å². The average Bonchev–Trinajstić information content (AvgIpc) is 2.95. The number of sulfonamides is 1. The minimum Gasteiger partial charge on any atom is -0.482 e. The van der Waals surface area contributed by atoms with Gasteiger partial charge in [-0.3, -0.25) is 14.3 Å². The number of fused-ring (bicyclic) bond motifs is 1. The molecule has 1 aromatic carbocycles. The standard InChI is InChI=1S/C15H16N4O5S/c1-3-19-7-11(9(2)17-19)15(21)18-25(22,23)10-4-5-13-12(6-10)16-14(20)8-24-13/h4-7H,3,8H2,1-2H3,(H,16,20)(H,18,21). The second-order valence-corrected chi connectivity index (χ2v) is 7.10. The first-order chi connectivity index (χ1) is 11.8. The van der Waals surface area contributed by atoms with Crippen molar-refractivity contribution in [3.63, 3.8) is 0 Å². The molecule has 2 amide bonds. The molecule has 0 spiro atoms. The summed E-state index contributed by atoms with van der Waals surface area (Å²) >= 11 is 0. The largest absolute Gasteiger partial charge is 0.482 e. The fourth-order valence-corrected chi connectivity index (χ4v) is 3.36. The summed E-state index contributed by atoms with van der Waals surface area (Å²) in [5, 5.41) is 6.64. The molecule has 0 bridgehead atoms. The van der Waals surface area contributed by atoms with Gasteiger partial charge >= 0.3 is 0 Å². The number of amides is 2. The molecule has 0 unspecified atom stereocenters. The van der Waals surface area contributed by atoms with Crippen LogP contribution in [0.3, 0.4) is 0 Å². The fraction of sp³-hybridized carbons (Fsp3) is 0.267. The molecule has 0 radical (unpaired) electrons. The van der Waals surface area contributed by atoms with Gasteiger partial charge in [0.15, 0.2) is 6.61 Å². The zero-order valence-corrected chi connectivity index (χ0v) is 14.4. The van der Waals surface area contributed by atoms with Gasteiger partial charge in [-0.15, -0.1) is 0 Å². The van der Waals surface area contributed by atoms with Crippen LogP contribution in [-0.2, 0) is 21.4 Å². The zero-order chi connectivity index (χ0) is 18.2. The van der Waals surface area contributed by atoms with Crippen LogP contribution >= 0.6 is 0 Å². The van der Waals surface area contributed by atoms with Crippen molar-refractivity contribution in [1.82, 2.24) is 14.5 Å². The number of carbonyl (C=O) groups is 2. The molecule has 2 aromatic rings. The first-order valence-electron chi connectivity index (χ1n) is 7.48. The number of aryl methyl sites for hydroxylation is 2. The Bertz CT molecular complexity index is 964. The Morgan fingerprint density at radius 1 is 1.44 bits per heavy atom. The third kappa shape index (κ3) is 3.33. The summed E-state index contributed by atoms with van der Waals surface area (Å²) in [4.78, 5) is 23.5. The Morgan fingerprint density at radius 3 is 2.88 bits per heavy atom. The summed E-state index contributed by atoms with van der Waals surface area (Å²) in [5.41, 5.74) is 0.849. The summed E-state index contributed by atoms with van der Waals surface area (Å²) in [6.07, 6.45) is 1.49. The molecule has 0 aliphatic carbocycles. The fourth-order valence-electron chi connectivity index (χ4n) is 2.37. The van der Waals surface area contributed by atoms with E-state index in [9.17, 15) is 18.0 Å². The molecule has 1 aliphatic heterocycles. The van der Waals surface area contributed by atoms with E-state index in [0.29, 0.717) is 18.0 Å². The van der Waals surface area contributed by atoms with Crippen molar-refractivity contribution in [3.8, 4) is 5.75 Å². The van der Waals surface area contributed by atoms with E-state index in [0.717, 1.165) is 0 Å². The van der Waals surface area contributed by atoms with Crippen molar-refractivity contribution in [1.29, 1.82) is 0 Å². The van der Waals surface area contributed by atoms with Gasteiger partial charge in [0.1, 0.15) is 5.75 Å². The zero-order valence-electron chi connectivity index (χ0n) is 13.6. The van der Waals surface area contributed by atoms with Crippen LogP contribution in [0.1, 0.15) is 23.0 Å². The molecular formula is C15H16N4O5S. The van der Waals surface area contributed by atoms with Crippen molar-refractivity contribution in [2.75, 3.05) is 11.9 Å². The molecule has 0 atom stereocenters. The molecule has 3 rings (SSSR count). The summed E-state index contributed by atoms with van der Waals surface area (Å²) in [7, 11) is -4.12. The molecule has 2 heterocycles. The van der Waals surface area contributed by atoms with E-state index >= 15 is 0 Å². The number of ether oxygens (including phenoxy) is 1. The number of benzene rings is 1. The Hall–Kier alpha value is -2.88. The van der Waals surface area contributed by atoms with Crippen LogP contribution in [0.2, 0.25) is 0 Å². The molecule has 0 fully saturated rings. The van der Waals surface area contributed by atoms with Gasteiger partial charge in [0.2, 0.25) is 0 Å². The molecule has 0 saturated heterocycles. The first kappa shape index (κ1) is 17.0. The number of nitrogens with zero attached hydrogens (tertiary/aromatic N) is 2. The van der Waals surface area contributed by atoms with Gasteiger partial charge in [-0.25, -0.2) is 13.1 Å². The topological polar surface area (TPSA) is 119 Å². The van der Waals surface area contributed by atoms with Gasteiger partial charge in [0.25, 0.3) is 21.8 Å². The van der Waals surface area contributed by atoms with Crippen LogP contribution in [-0.4, -0.2) is 36.6 Å². The van der Waals surface area contributed by atoms with E-state index in [1.54, 1.807) is 11.6 Å². The van der Waals surface area contributed by atoms with Crippen molar-refractivity contribution in [2.45, 2.75) is 25.3 Å². The summed E-state index contributed by atoms with van der Waals surface area (Å²) in [6, 6.07) is 3.97. The SMILES string of the molecule is CCn1cc(C(=O)NS(=O)(=O)c2ccc3c(c2)NC(=O)CO3)c(C)n1. The smallest absolute Gasteiger partial charge is 0.268 e. The number of aromatic nitrogens is 2. The van der Waals surface area contributed by atoms with Crippen molar-refractivity contribution in [2.24, 2.45) is 0 Å². The highest BCUT2D eigenvalue weighted by molar-refractivity contribution is 7.90. The maximum absolute atomic E-state index is 12.5. The van der Waals surface area contributed by atoms with Crippen LogP contribution in [0.4, 0.5) is 5.69 Å². The molecule has 25 heavy (non-hydrogen) atoms. The summed E-state index contributed by atoms with van der Waals surface area (Å²) in [6.45, 7) is 3.91. The Labute approximate surface area is 144 Å². The van der Waals surface area contributed by atoms with Crippen LogP contribution in [0, 0.1) is 6.92 Å². The lowest BCUT2D eigenvalue weighted by molar-refractivity contribution is -0.118. The minimum atomic E-state index is -4.12. The highest BCUT2D eigenvalue weighted by atomic mass is 32.2. The van der Waals surface area contributed by atoms with E-state index in [-0.39, 0.29) is 28.7 Å². The molecule has 0 saturated carbocycles. The predicted octanol–water partition coefficient (Wildman–Crippen LogP) is 0.661. The van der Waals surface area contributed by atoms with Crippen molar-refractivity contribution < 1.29 is 22.7 Å². The first-order valence-corrected chi connectivity index (χ1v) is 8.96. The lowest BCUT2D eigenvalue weighted by Gasteiger charge is -2.18. The maximum Gasteiger partial charge on any atom is 0.268 e. The Kier molecular flexibility index (Phi) is 4.21. The van der Waals surface area contributed by atoms with E-state index in [1.165, 1.54) is 24.4 Å². The number of carbonyl (C=O) groups excluding carboxylic acids is 2. The average molecular weight is 364 g/mol. The molecular weight excluding hydrogens is 348 g/mol. The summed E-state index contributed by atoms with van der Waals surface area (Å²) < 4.78 is 33.7. The van der Waals surface area contributed by atoms with Gasteiger partial charge in [-0.2, -0.15) is 5.10 Å². The van der Waals surface area contributed by atoms with Gasteiger partial charge in [0, 0.05) is 12.7 Å². The summed E-state index contributed by atoms with van der Waals surface area (Å²) in [5.74, 6) is -0.783. The number of rotatable bonds is 4. The highest BCUT2D eigenvalue weighted by Gasteiger charge is 2.24. The number of anilines is 1. The Morgan fingerprint density at radius 2 is 2.20 bits per heavy atom. The molecule has 1 aliphatic rings. The second-order valence-electron chi connectivity index (χ2n) is 5.41. The van der Waals surface area contributed by atoms with Crippen LogP contribution < -0.4 is 14.8 Å². The lowest BCUT2D eigenvalue weighted by atomic mass is 10.2. The third-order valence-electron chi connectivity index (χ3n) is 3.64. The number of hydrogen-bond donors (Lipinski definition) is 2. The highest BCUT2D eigenvalue weighted by Crippen LogP contribution is 2.30. The maximum atomic E-state index is 12.5. The van der Waals surface area contributed by atoms with E-state index in [2.05, 4.69) is 10.4 Å². The molecule has 2 N–H and O–H groups in total. The molecule has 10 heteroatoms. The van der Waals surface area contributed by atoms with Crippen molar-refractivity contribution in [3.05, 3.63) is 35.7 Å². The molecule has 9 nitrogen and oxygen atoms in total. The third-order valence-corrected chi connectivity index (χ3v) is 4.96. The van der Waals surface area contributed by atoms with Gasteiger partial charge in [-0.05, 0) is 32.0 Å². The quantitative estimate of drug-likeness (QED) is 0.822. The van der Waals surface area contributed by atoms with Crippen LogP contribution in [0.25, 0.3) is 0 Å². The van der Waals surface area contributed by atoms with Crippen LogP contribution in [0.15, 0.2) is 29.3 Å². The minimum absolute atomic E-state index is 0.128. The lowest BCUT2D eigenvalue weighted by Crippen LogP contribution is -2.31.